The molecule has 0 radical (unpaired) electrons. The van der Waals surface area contributed by atoms with Crippen LogP contribution in [0.1, 0.15) is 13.8 Å². The van der Waals surface area contributed by atoms with Crippen LogP contribution in [0.2, 0.25) is 0 Å². The van der Waals surface area contributed by atoms with Gasteiger partial charge >= 0.3 is 0 Å². The molecule has 0 aliphatic carbocycles. The minimum absolute atomic E-state index is 0.0296. The van der Waals surface area contributed by atoms with E-state index in [1.165, 1.54) is 6.07 Å². The van der Waals surface area contributed by atoms with Crippen LogP contribution in [0.15, 0.2) is 48.7 Å². The highest BCUT2D eigenvalue weighted by molar-refractivity contribution is 5.80. The van der Waals surface area contributed by atoms with Crippen LogP contribution in [-0.2, 0) is 4.74 Å². The summed E-state index contributed by atoms with van der Waals surface area (Å²) in [6.45, 7) is 4.93. The minimum Gasteiger partial charge on any atom is -0.493 e. The van der Waals surface area contributed by atoms with Crippen molar-refractivity contribution >= 4 is 11.5 Å². The average Bonchev–Trinajstić information content (AvgIpc) is 2.73. The van der Waals surface area contributed by atoms with Crippen LogP contribution in [-0.4, -0.2) is 31.4 Å². The number of benzene rings is 2. The molecule has 30 heavy (non-hydrogen) atoms. The summed E-state index contributed by atoms with van der Waals surface area (Å²) in [5.74, 6) is 0.971. The molecule has 1 aromatic heterocycles. The van der Waals surface area contributed by atoms with E-state index in [9.17, 15) is 4.39 Å². The number of anilines is 2. The van der Waals surface area contributed by atoms with Gasteiger partial charge in [-0.1, -0.05) is 6.07 Å². The van der Waals surface area contributed by atoms with Crippen molar-refractivity contribution in [3.8, 4) is 33.8 Å². The van der Waals surface area contributed by atoms with E-state index in [0.717, 1.165) is 11.1 Å². The maximum absolute atomic E-state index is 14.4. The number of pyridine rings is 1. The molecule has 0 amide bonds. The number of nitrogens with zero attached hydrogens (tertiary/aromatic N) is 1. The maximum Gasteiger partial charge on any atom is 0.161 e. The van der Waals surface area contributed by atoms with Gasteiger partial charge in [0.15, 0.2) is 11.5 Å². The highest BCUT2D eigenvalue weighted by atomic mass is 19.1. The molecule has 0 aliphatic heterocycles. The summed E-state index contributed by atoms with van der Waals surface area (Å²) >= 11 is 0. The Morgan fingerprint density at radius 3 is 2.50 bits per heavy atom. The molecule has 3 aromatic rings. The first-order valence-electron chi connectivity index (χ1n) is 9.66. The smallest absolute Gasteiger partial charge is 0.161 e. The molecule has 7 heteroatoms. The van der Waals surface area contributed by atoms with Crippen LogP contribution >= 0.6 is 0 Å². The molecule has 1 atom stereocenters. The van der Waals surface area contributed by atoms with Crippen molar-refractivity contribution in [1.82, 2.24) is 4.98 Å². The quantitative estimate of drug-likeness (QED) is 0.529. The van der Waals surface area contributed by atoms with Crippen LogP contribution in [0, 0.1) is 5.82 Å². The molecule has 0 aliphatic rings. The third-order valence-electron chi connectivity index (χ3n) is 4.62. The van der Waals surface area contributed by atoms with Gasteiger partial charge in [-0.05, 0) is 55.8 Å². The minimum atomic E-state index is -0.453. The summed E-state index contributed by atoms with van der Waals surface area (Å²) in [6, 6.07) is 11.8. The second-order valence-electron chi connectivity index (χ2n) is 6.84. The third kappa shape index (κ3) is 4.80. The van der Waals surface area contributed by atoms with Crippen LogP contribution in [0.25, 0.3) is 22.3 Å². The van der Waals surface area contributed by atoms with Gasteiger partial charge in [0, 0.05) is 35.2 Å². The number of nitrogens with two attached hydrogens (primary N) is 2. The highest BCUT2D eigenvalue weighted by Crippen LogP contribution is 2.36. The largest absolute Gasteiger partial charge is 0.493 e. The molecule has 4 N–H and O–H groups in total. The number of nitrogen functional groups attached to an aromatic ring is 2. The Hall–Kier alpha value is -3.32. The monoisotopic (exact) mass is 411 g/mol. The van der Waals surface area contributed by atoms with Crippen molar-refractivity contribution in [2.24, 2.45) is 0 Å². The van der Waals surface area contributed by atoms with E-state index < -0.39 is 5.82 Å². The van der Waals surface area contributed by atoms with Crippen LogP contribution < -0.4 is 20.9 Å². The SMILES string of the molecule is CCO[C@H](C)COc1ccc(-c2cnc(N)c(-c3ccc(N)cc3F)c2)cc1OC. The number of hydrogen-bond acceptors (Lipinski definition) is 6. The van der Waals surface area contributed by atoms with Crippen molar-refractivity contribution < 1.29 is 18.6 Å². The Balaban J connectivity index is 1.92. The fourth-order valence-electron chi connectivity index (χ4n) is 3.10. The topological polar surface area (TPSA) is 92.6 Å². The third-order valence-corrected chi connectivity index (χ3v) is 4.62. The lowest BCUT2D eigenvalue weighted by Crippen LogP contribution is -2.18. The molecule has 2 aromatic carbocycles. The lowest BCUT2D eigenvalue weighted by molar-refractivity contribution is 0.0395. The van der Waals surface area contributed by atoms with Gasteiger partial charge < -0.3 is 25.7 Å². The Morgan fingerprint density at radius 1 is 1.00 bits per heavy atom. The fourth-order valence-corrected chi connectivity index (χ4v) is 3.10. The van der Waals surface area contributed by atoms with Gasteiger partial charge in [-0.15, -0.1) is 0 Å². The summed E-state index contributed by atoms with van der Waals surface area (Å²) in [5, 5.41) is 0. The first kappa shape index (κ1) is 21.4. The van der Waals surface area contributed by atoms with Crippen LogP contribution in [0.4, 0.5) is 15.9 Å². The molecule has 0 saturated heterocycles. The van der Waals surface area contributed by atoms with Crippen molar-refractivity contribution in [3.05, 3.63) is 54.5 Å². The molecule has 0 bridgehead atoms. The van der Waals surface area contributed by atoms with E-state index >= 15 is 0 Å². The van der Waals surface area contributed by atoms with Gasteiger partial charge in [-0.3, -0.25) is 0 Å². The molecule has 0 spiro atoms. The first-order valence-corrected chi connectivity index (χ1v) is 9.66. The molecule has 3 rings (SSSR count). The van der Waals surface area contributed by atoms with Gasteiger partial charge in [-0.2, -0.15) is 0 Å². The van der Waals surface area contributed by atoms with E-state index in [-0.39, 0.29) is 11.9 Å². The second-order valence-corrected chi connectivity index (χ2v) is 6.84. The lowest BCUT2D eigenvalue weighted by atomic mass is 10.00. The number of methoxy groups -OCH3 is 1. The van der Waals surface area contributed by atoms with Gasteiger partial charge in [0.2, 0.25) is 0 Å². The van der Waals surface area contributed by atoms with Gasteiger partial charge in [0.25, 0.3) is 0 Å². The normalized spacial score (nSPS) is 11.9. The average molecular weight is 411 g/mol. The number of rotatable bonds is 8. The Labute approximate surface area is 175 Å². The van der Waals surface area contributed by atoms with Crippen molar-refractivity contribution in [2.75, 3.05) is 31.8 Å². The Bertz CT molecular complexity index is 1030. The zero-order valence-corrected chi connectivity index (χ0v) is 17.3. The fraction of sp³-hybridized carbons (Fsp3) is 0.261. The van der Waals surface area contributed by atoms with Gasteiger partial charge in [0.05, 0.1) is 13.2 Å². The standard InChI is InChI=1S/C23H26FN3O3/c1-4-29-14(2)13-30-21-8-5-15(10-22(21)28-3)16-9-19(23(26)27-12-16)18-7-6-17(25)11-20(18)24/h5-12,14H,4,13,25H2,1-3H3,(H2,26,27)/t14-/m1/s1. The van der Waals surface area contributed by atoms with E-state index in [0.29, 0.717) is 41.5 Å². The summed E-state index contributed by atoms with van der Waals surface area (Å²) < 4.78 is 31.2. The number of halogens is 1. The molecular formula is C23H26FN3O3. The maximum atomic E-state index is 14.4. The van der Waals surface area contributed by atoms with E-state index in [1.54, 1.807) is 31.5 Å². The molecule has 6 nitrogen and oxygen atoms in total. The zero-order chi connectivity index (χ0) is 21.7. The summed E-state index contributed by atoms with van der Waals surface area (Å²) in [6.07, 6.45) is 1.61. The van der Waals surface area contributed by atoms with E-state index in [1.807, 2.05) is 32.0 Å². The van der Waals surface area contributed by atoms with Gasteiger partial charge in [-0.25, -0.2) is 9.37 Å². The molecular weight excluding hydrogens is 385 g/mol. The highest BCUT2D eigenvalue weighted by Gasteiger charge is 2.14. The molecule has 1 heterocycles. The van der Waals surface area contributed by atoms with Crippen molar-refractivity contribution in [3.63, 3.8) is 0 Å². The number of hydrogen-bond donors (Lipinski definition) is 2. The predicted octanol–water partition coefficient (Wildman–Crippen LogP) is 4.53. The Morgan fingerprint density at radius 2 is 1.80 bits per heavy atom. The van der Waals surface area contributed by atoms with E-state index in [4.69, 9.17) is 25.7 Å². The van der Waals surface area contributed by atoms with E-state index in [2.05, 4.69) is 4.98 Å². The number of aromatic nitrogens is 1. The molecule has 0 fully saturated rings. The first-order chi connectivity index (χ1) is 14.4. The summed E-state index contributed by atoms with van der Waals surface area (Å²) in [4.78, 5) is 4.24. The van der Waals surface area contributed by atoms with Crippen molar-refractivity contribution in [1.29, 1.82) is 0 Å². The van der Waals surface area contributed by atoms with Gasteiger partial charge in [0.1, 0.15) is 18.2 Å². The molecule has 0 unspecified atom stereocenters. The zero-order valence-electron chi connectivity index (χ0n) is 17.3. The van der Waals surface area contributed by atoms with Crippen LogP contribution in [0.3, 0.4) is 0 Å². The Kier molecular flexibility index (Phi) is 6.74. The summed E-state index contributed by atoms with van der Waals surface area (Å²) in [5.41, 5.74) is 14.4. The lowest BCUT2D eigenvalue weighted by Gasteiger charge is -2.16. The molecule has 158 valence electrons. The molecule has 0 saturated carbocycles. The second kappa shape index (κ2) is 9.45. The predicted molar refractivity (Wildman–Crippen MR) is 117 cm³/mol. The van der Waals surface area contributed by atoms with Crippen LogP contribution in [0.5, 0.6) is 11.5 Å². The summed E-state index contributed by atoms with van der Waals surface area (Å²) in [7, 11) is 1.58. The van der Waals surface area contributed by atoms with Crippen molar-refractivity contribution in [2.45, 2.75) is 20.0 Å². The number of ether oxygens (including phenoxy) is 3.